The highest BCUT2D eigenvalue weighted by atomic mass is 19.1. The van der Waals surface area contributed by atoms with Gasteiger partial charge in [-0.3, -0.25) is 9.78 Å². The number of amides is 1. The van der Waals surface area contributed by atoms with Crippen LogP contribution in [-0.2, 0) is 10.2 Å². The number of pyridine rings is 1. The van der Waals surface area contributed by atoms with Gasteiger partial charge < -0.3 is 10.1 Å². The summed E-state index contributed by atoms with van der Waals surface area (Å²) in [7, 11) is 1.47. The first kappa shape index (κ1) is 17.7. The minimum Gasteiger partial charge on any atom is -0.493 e. The van der Waals surface area contributed by atoms with Crippen LogP contribution in [0.25, 0.3) is 5.69 Å². The number of nitriles is 1. The van der Waals surface area contributed by atoms with Crippen molar-refractivity contribution in [1.29, 1.82) is 5.26 Å². The molecule has 2 aromatic heterocycles. The monoisotopic (exact) mass is 377 g/mol. The molecule has 0 aliphatic heterocycles. The molecule has 140 valence electrons. The lowest BCUT2D eigenvalue weighted by Gasteiger charge is -2.15. The highest BCUT2D eigenvalue weighted by Gasteiger charge is 2.52. The Hall–Kier alpha value is -3.73. The van der Waals surface area contributed by atoms with E-state index in [0.29, 0.717) is 35.7 Å². The van der Waals surface area contributed by atoms with E-state index in [2.05, 4.69) is 15.4 Å². The minimum atomic E-state index is -0.860. The van der Waals surface area contributed by atoms with E-state index < -0.39 is 5.41 Å². The summed E-state index contributed by atoms with van der Waals surface area (Å²) in [5, 5.41) is 16.4. The Balaban J connectivity index is 1.61. The quantitative estimate of drug-likeness (QED) is 0.738. The summed E-state index contributed by atoms with van der Waals surface area (Å²) in [5.41, 5.74) is 0.247. The lowest BCUT2D eigenvalue weighted by molar-refractivity contribution is -0.118. The molecule has 0 unspecified atom stereocenters. The number of hydrogen-bond acceptors (Lipinski definition) is 5. The largest absolute Gasteiger partial charge is 0.493 e. The fourth-order valence-electron chi connectivity index (χ4n) is 3.25. The molecule has 8 heteroatoms. The van der Waals surface area contributed by atoms with Gasteiger partial charge in [-0.25, -0.2) is 9.07 Å². The van der Waals surface area contributed by atoms with Crippen LogP contribution in [-0.4, -0.2) is 27.8 Å². The molecule has 2 heterocycles. The predicted octanol–water partition coefficient (Wildman–Crippen LogP) is 2.96. The minimum absolute atomic E-state index is 0.283. The number of nitrogens with zero attached hydrogens (tertiary/aromatic N) is 4. The smallest absolute Gasteiger partial charge is 0.236 e. The summed E-state index contributed by atoms with van der Waals surface area (Å²) >= 11 is 0. The van der Waals surface area contributed by atoms with Crippen LogP contribution in [0.15, 0.2) is 48.9 Å². The Morgan fingerprint density at radius 3 is 2.79 bits per heavy atom. The number of anilines is 1. The molecule has 1 saturated carbocycles. The number of benzene rings is 1. The molecule has 0 radical (unpaired) electrons. The molecular weight excluding hydrogens is 361 g/mol. The predicted molar refractivity (Wildman–Crippen MR) is 98.6 cm³/mol. The van der Waals surface area contributed by atoms with Gasteiger partial charge in [0.05, 0.1) is 24.3 Å². The standard InChI is InChI=1S/C20H16FN5O2/c1-28-16-12-23-11-13(10-22)18(16)26-9-6-17(25-26)24-19(27)20(7-8-20)14-4-2-3-5-15(14)21/h2-6,9,11-12H,7-8H2,1H3,(H,24,25,27). The van der Waals surface area contributed by atoms with Crippen molar-refractivity contribution < 1.29 is 13.9 Å². The number of halogens is 1. The Kier molecular flexibility index (Phi) is 4.28. The summed E-state index contributed by atoms with van der Waals surface area (Å²) in [6.45, 7) is 0. The highest BCUT2D eigenvalue weighted by molar-refractivity contribution is 6.00. The third-order valence-electron chi connectivity index (χ3n) is 4.86. The number of ether oxygens (including phenoxy) is 1. The average Bonchev–Trinajstić information content (AvgIpc) is 3.40. The molecule has 1 aliphatic carbocycles. The van der Waals surface area contributed by atoms with Gasteiger partial charge in [0.25, 0.3) is 0 Å². The van der Waals surface area contributed by atoms with Crippen molar-refractivity contribution >= 4 is 11.7 Å². The molecule has 1 N–H and O–H groups in total. The Bertz CT molecular complexity index is 1100. The molecule has 7 nitrogen and oxygen atoms in total. The Morgan fingerprint density at radius 2 is 2.11 bits per heavy atom. The number of hydrogen-bond donors (Lipinski definition) is 1. The second-order valence-corrected chi connectivity index (χ2v) is 6.51. The van der Waals surface area contributed by atoms with Gasteiger partial charge >= 0.3 is 0 Å². The van der Waals surface area contributed by atoms with E-state index in [1.165, 1.54) is 30.3 Å². The van der Waals surface area contributed by atoms with Gasteiger partial charge in [-0.2, -0.15) is 5.26 Å². The van der Waals surface area contributed by atoms with E-state index in [0.717, 1.165) is 0 Å². The van der Waals surface area contributed by atoms with Gasteiger partial charge in [-0.05, 0) is 18.9 Å². The van der Waals surface area contributed by atoms with Gasteiger partial charge in [-0.15, -0.1) is 5.10 Å². The summed E-state index contributed by atoms with van der Waals surface area (Å²) in [6, 6.07) is 9.98. The average molecular weight is 377 g/mol. The van der Waals surface area contributed by atoms with E-state index in [1.807, 2.05) is 6.07 Å². The van der Waals surface area contributed by atoms with Crippen molar-refractivity contribution in [2.45, 2.75) is 18.3 Å². The molecule has 1 amide bonds. The molecule has 28 heavy (non-hydrogen) atoms. The van der Waals surface area contributed by atoms with E-state index >= 15 is 0 Å². The van der Waals surface area contributed by atoms with Crippen molar-refractivity contribution in [3.05, 3.63) is 65.9 Å². The zero-order valence-electron chi connectivity index (χ0n) is 15.0. The number of carbonyl (C=O) groups is 1. The van der Waals surface area contributed by atoms with Gasteiger partial charge in [0, 0.05) is 24.0 Å². The normalized spacial score (nSPS) is 14.2. The summed E-state index contributed by atoms with van der Waals surface area (Å²) in [6.07, 6.45) is 5.66. The summed E-state index contributed by atoms with van der Waals surface area (Å²) in [5.74, 6) is -0.00803. The van der Waals surface area contributed by atoms with Gasteiger partial charge in [0.1, 0.15) is 17.6 Å². The maximum absolute atomic E-state index is 14.2. The zero-order valence-corrected chi connectivity index (χ0v) is 15.0. The molecule has 0 spiro atoms. The molecular formula is C20H16FN5O2. The topological polar surface area (TPSA) is 92.8 Å². The van der Waals surface area contributed by atoms with Gasteiger partial charge in [0.15, 0.2) is 11.6 Å². The number of carbonyl (C=O) groups excluding carboxylic acids is 1. The molecule has 0 saturated heterocycles. The third kappa shape index (κ3) is 2.87. The second kappa shape index (κ2) is 6.78. The van der Waals surface area contributed by atoms with Gasteiger partial charge in [0.2, 0.25) is 5.91 Å². The Labute approximate surface area is 160 Å². The van der Waals surface area contributed by atoms with Crippen LogP contribution in [0.2, 0.25) is 0 Å². The van der Waals surface area contributed by atoms with E-state index in [9.17, 15) is 14.4 Å². The number of nitrogens with one attached hydrogen (secondary N) is 1. The first-order valence-electron chi connectivity index (χ1n) is 8.63. The van der Waals surface area contributed by atoms with Crippen molar-refractivity contribution in [2.75, 3.05) is 12.4 Å². The Morgan fingerprint density at radius 1 is 1.32 bits per heavy atom. The van der Waals surface area contributed by atoms with Crippen molar-refractivity contribution in [1.82, 2.24) is 14.8 Å². The molecule has 1 aromatic carbocycles. The summed E-state index contributed by atoms with van der Waals surface area (Å²) < 4.78 is 20.9. The van der Waals surface area contributed by atoms with Crippen molar-refractivity contribution in [3.8, 4) is 17.5 Å². The first-order chi connectivity index (χ1) is 13.6. The lowest BCUT2D eigenvalue weighted by atomic mass is 9.94. The maximum atomic E-state index is 14.2. The SMILES string of the molecule is COc1cncc(C#N)c1-n1ccc(NC(=O)C2(c3ccccc3F)CC2)n1. The third-order valence-corrected chi connectivity index (χ3v) is 4.86. The van der Waals surface area contributed by atoms with Crippen LogP contribution in [0, 0.1) is 17.1 Å². The van der Waals surface area contributed by atoms with Crippen LogP contribution in [0.5, 0.6) is 5.75 Å². The fourth-order valence-corrected chi connectivity index (χ4v) is 3.25. The van der Waals surface area contributed by atoms with E-state index in [4.69, 9.17) is 4.74 Å². The summed E-state index contributed by atoms with van der Waals surface area (Å²) in [4.78, 5) is 16.8. The molecule has 0 atom stereocenters. The van der Waals surface area contributed by atoms with Crippen molar-refractivity contribution in [2.24, 2.45) is 0 Å². The second-order valence-electron chi connectivity index (χ2n) is 6.51. The van der Waals surface area contributed by atoms with Crippen LogP contribution < -0.4 is 10.1 Å². The molecule has 3 aromatic rings. The molecule has 1 fully saturated rings. The fraction of sp³-hybridized carbons (Fsp3) is 0.200. The van der Waals surface area contributed by atoms with Crippen LogP contribution in [0.4, 0.5) is 10.2 Å². The van der Waals surface area contributed by atoms with Crippen LogP contribution >= 0.6 is 0 Å². The molecule has 0 bridgehead atoms. The first-order valence-corrected chi connectivity index (χ1v) is 8.63. The van der Waals surface area contributed by atoms with Gasteiger partial charge in [-0.1, -0.05) is 18.2 Å². The lowest BCUT2D eigenvalue weighted by Crippen LogP contribution is -2.29. The maximum Gasteiger partial charge on any atom is 0.236 e. The van der Waals surface area contributed by atoms with Crippen LogP contribution in [0.1, 0.15) is 24.0 Å². The zero-order chi connectivity index (χ0) is 19.7. The van der Waals surface area contributed by atoms with E-state index in [1.54, 1.807) is 30.5 Å². The van der Waals surface area contributed by atoms with E-state index in [-0.39, 0.29) is 17.3 Å². The number of methoxy groups -OCH3 is 1. The van der Waals surface area contributed by atoms with Crippen LogP contribution in [0.3, 0.4) is 0 Å². The van der Waals surface area contributed by atoms with Crippen molar-refractivity contribution in [3.63, 3.8) is 0 Å². The number of aromatic nitrogens is 3. The number of rotatable bonds is 5. The highest BCUT2D eigenvalue weighted by Crippen LogP contribution is 2.49. The molecule has 4 rings (SSSR count). The molecule has 1 aliphatic rings.